The van der Waals surface area contributed by atoms with Crippen molar-refractivity contribution in [3.05, 3.63) is 51.5 Å². The van der Waals surface area contributed by atoms with Crippen molar-refractivity contribution in [1.29, 1.82) is 0 Å². The normalized spacial score (nSPS) is 27.2. The van der Waals surface area contributed by atoms with E-state index in [1.807, 2.05) is 32.2 Å². The van der Waals surface area contributed by atoms with E-state index in [1.165, 1.54) is 16.0 Å². The van der Waals surface area contributed by atoms with E-state index in [0.29, 0.717) is 18.6 Å². The van der Waals surface area contributed by atoms with Crippen LogP contribution >= 0.6 is 22.9 Å². The summed E-state index contributed by atoms with van der Waals surface area (Å²) in [7, 11) is 0. The predicted molar refractivity (Wildman–Crippen MR) is 148 cm³/mol. The van der Waals surface area contributed by atoms with Gasteiger partial charge in [-0.25, -0.2) is 0 Å². The number of thiophene rings is 1. The molecule has 1 aliphatic carbocycles. The number of amides is 2. The van der Waals surface area contributed by atoms with E-state index in [-0.39, 0.29) is 29.1 Å². The van der Waals surface area contributed by atoms with E-state index in [9.17, 15) is 9.59 Å². The van der Waals surface area contributed by atoms with Crippen molar-refractivity contribution in [1.82, 2.24) is 20.1 Å². The first-order valence-electron chi connectivity index (χ1n) is 13.1. The molecule has 6 rings (SSSR count). The van der Waals surface area contributed by atoms with Crippen LogP contribution in [0.5, 0.6) is 0 Å². The number of fused-ring (bicyclic) bond motifs is 2. The average Bonchev–Trinajstić information content (AvgIpc) is 3.08. The van der Waals surface area contributed by atoms with Gasteiger partial charge in [0.05, 0.1) is 28.6 Å². The fraction of sp³-hybridized carbons (Fsp3) is 0.483. The van der Waals surface area contributed by atoms with Gasteiger partial charge in [0, 0.05) is 53.4 Å². The Labute approximate surface area is 227 Å². The van der Waals surface area contributed by atoms with Gasteiger partial charge in [0.1, 0.15) is 0 Å². The van der Waals surface area contributed by atoms with Gasteiger partial charge < -0.3 is 5.32 Å². The average molecular weight is 537 g/mol. The maximum absolute atomic E-state index is 12.9. The molecule has 4 atom stereocenters. The van der Waals surface area contributed by atoms with Crippen LogP contribution in [0, 0.1) is 24.2 Å². The van der Waals surface area contributed by atoms with Crippen LogP contribution in [-0.4, -0.2) is 51.8 Å². The minimum atomic E-state index is -0.195. The Bertz CT molecular complexity index is 1400. The Morgan fingerprint density at radius 2 is 1.73 bits per heavy atom. The van der Waals surface area contributed by atoms with Crippen LogP contribution in [0.3, 0.4) is 0 Å². The highest BCUT2D eigenvalue weighted by Crippen LogP contribution is 2.63. The van der Waals surface area contributed by atoms with Gasteiger partial charge in [0.2, 0.25) is 11.8 Å². The molecule has 1 saturated carbocycles. The van der Waals surface area contributed by atoms with Gasteiger partial charge in [-0.3, -0.25) is 24.4 Å². The number of pyridine rings is 1. The second-order valence-corrected chi connectivity index (χ2v) is 13.2. The third kappa shape index (κ3) is 4.02. The zero-order valence-corrected chi connectivity index (χ0v) is 23.5. The molecule has 0 radical (unpaired) electrons. The van der Waals surface area contributed by atoms with Gasteiger partial charge in [-0.1, -0.05) is 25.4 Å². The van der Waals surface area contributed by atoms with Gasteiger partial charge in [-0.15, -0.1) is 11.3 Å². The van der Waals surface area contributed by atoms with Crippen LogP contribution < -0.4 is 5.32 Å². The van der Waals surface area contributed by atoms with E-state index in [2.05, 4.69) is 48.1 Å². The third-order valence-corrected chi connectivity index (χ3v) is 10.1. The summed E-state index contributed by atoms with van der Waals surface area (Å²) in [6.45, 7) is 13.8. The lowest BCUT2D eigenvalue weighted by molar-refractivity contribution is -0.143. The Balaban J connectivity index is 1.36. The maximum Gasteiger partial charge on any atom is 0.234 e. The van der Waals surface area contributed by atoms with Crippen LogP contribution in [0.4, 0.5) is 0 Å². The topological polar surface area (TPSA) is 65.5 Å². The summed E-state index contributed by atoms with van der Waals surface area (Å²) in [4.78, 5) is 35.4. The van der Waals surface area contributed by atoms with Crippen molar-refractivity contribution >= 4 is 45.0 Å². The van der Waals surface area contributed by atoms with E-state index < -0.39 is 0 Å². The Hall–Kier alpha value is -2.32. The third-order valence-electron chi connectivity index (χ3n) is 8.75. The van der Waals surface area contributed by atoms with Gasteiger partial charge in [0.25, 0.3) is 0 Å². The predicted octanol–water partition coefficient (Wildman–Crippen LogP) is 5.25. The lowest BCUT2D eigenvalue weighted by Gasteiger charge is -2.40. The number of rotatable bonds is 5. The fourth-order valence-electron chi connectivity index (χ4n) is 6.48. The number of imide groups is 1. The number of hydrogen-bond donors (Lipinski definition) is 1. The zero-order valence-electron chi connectivity index (χ0n) is 22.0. The second-order valence-electron chi connectivity index (χ2n) is 11.6. The quantitative estimate of drug-likeness (QED) is 0.451. The molecule has 3 fully saturated rings. The molecule has 2 saturated heterocycles. The molecule has 0 spiro atoms. The monoisotopic (exact) mass is 536 g/mol. The van der Waals surface area contributed by atoms with E-state index in [1.54, 1.807) is 11.3 Å². The van der Waals surface area contributed by atoms with Crippen molar-refractivity contribution in [3.63, 3.8) is 0 Å². The summed E-state index contributed by atoms with van der Waals surface area (Å²) in [6.07, 6.45) is 1.84. The van der Waals surface area contributed by atoms with Crippen LogP contribution in [0.2, 0.25) is 5.02 Å². The molecule has 8 heteroatoms. The molecule has 3 aliphatic rings. The number of aryl methyl sites for hydroxylation is 1. The molecule has 4 heterocycles. The highest BCUT2D eigenvalue weighted by molar-refractivity contribution is 7.19. The number of piperidine rings is 1. The van der Waals surface area contributed by atoms with Crippen molar-refractivity contribution in [2.75, 3.05) is 13.1 Å². The molecular formula is C29H33ClN4O2S. The number of piperazine rings is 1. The number of halogens is 1. The SMILES string of the molecule is Cc1cc(Cl)cc(-c2ccnc3cc(CN4C(=O)C5C(C4=O)C5(C)C)sc23)c1CN1[C@@H](C)CNC[C@@H]1C. The minimum Gasteiger partial charge on any atom is -0.314 e. The van der Waals surface area contributed by atoms with Crippen molar-refractivity contribution in [3.8, 4) is 11.1 Å². The lowest BCUT2D eigenvalue weighted by Crippen LogP contribution is -2.54. The Morgan fingerprint density at radius 3 is 2.41 bits per heavy atom. The van der Waals surface area contributed by atoms with Crippen molar-refractivity contribution in [2.45, 2.75) is 59.8 Å². The summed E-state index contributed by atoms with van der Waals surface area (Å²) in [5.74, 6) is -0.375. The minimum absolute atomic E-state index is 0.0300. The first-order chi connectivity index (χ1) is 17.6. The molecule has 2 aromatic heterocycles. The molecule has 0 bridgehead atoms. The van der Waals surface area contributed by atoms with Crippen LogP contribution in [0.25, 0.3) is 21.3 Å². The standard InChI is InChI=1S/C29H33ClN4O2S/c1-15-8-18(30)9-21(22(15)14-33-16(2)11-31-12-17(33)3)20-6-7-32-23-10-19(37-26(20)23)13-34-27(35)24-25(28(34)36)29(24,4)5/h6-10,16-17,24-25,31H,11-14H2,1-5H3/t16-,17-,24?,25?/m0/s1. The Kier molecular flexibility index (Phi) is 5.99. The number of carbonyl (C=O) groups is 2. The molecule has 194 valence electrons. The number of likely N-dealkylation sites (tertiary alicyclic amines) is 1. The largest absolute Gasteiger partial charge is 0.314 e. The maximum atomic E-state index is 12.9. The summed E-state index contributed by atoms with van der Waals surface area (Å²) < 4.78 is 1.06. The first kappa shape index (κ1) is 25.0. The van der Waals surface area contributed by atoms with Crippen molar-refractivity contribution < 1.29 is 9.59 Å². The lowest BCUT2D eigenvalue weighted by atomic mass is 9.94. The molecule has 1 aromatic carbocycles. The molecule has 3 aromatic rings. The highest BCUT2D eigenvalue weighted by Gasteiger charge is 2.72. The van der Waals surface area contributed by atoms with Crippen LogP contribution in [0.15, 0.2) is 30.5 Å². The van der Waals surface area contributed by atoms with E-state index >= 15 is 0 Å². The molecular weight excluding hydrogens is 504 g/mol. The smallest absolute Gasteiger partial charge is 0.234 e. The number of hydrogen-bond acceptors (Lipinski definition) is 6. The summed E-state index contributed by atoms with van der Waals surface area (Å²) >= 11 is 8.22. The summed E-state index contributed by atoms with van der Waals surface area (Å²) in [6, 6.07) is 9.07. The summed E-state index contributed by atoms with van der Waals surface area (Å²) in [5, 5.41) is 4.24. The molecule has 6 nitrogen and oxygen atoms in total. The first-order valence-corrected chi connectivity index (χ1v) is 14.3. The molecule has 37 heavy (non-hydrogen) atoms. The second kappa shape index (κ2) is 8.87. The molecule has 2 amide bonds. The zero-order chi connectivity index (χ0) is 26.2. The highest BCUT2D eigenvalue weighted by atomic mass is 35.5. The number of nitrogens with one attached hydrogen (secondary N) is 1. The van der Waals surface area contributed by atoms with Gasteiger partial charge in [-0.05, 0) is 67.1 Å². The molecule has 1 N–H and O–H groups in total. The van der Waals surface area contributed by atoms with Gasteiger partial charge >= 0.3 is 0 Å². The van der Waals surface area contributed by atoms with E-state index in [0.717, 1.165) is 50.9 Å². The number of aromatic nitrogens is 1. The van der Waals surface area contributed by atoms with Gasteiger partial charge in [-0.2, -0.15) is 0 Å². The molecule has 2 aliphatic heterocycles. The summed E-state index contributed by atoms with van der Waals surface area (Å²) in [5.41, 5.74) is 5.37. The van der Waals surface area contributed by atoms with E-state index in [4.69, 9.17) is 11.6 Å². The number of nitrogens with zero attached hydrogens (tertiary/aromatic N) is 3. The van der Waals surface area contributed by atoms with Gasteiger partial charge in [0.15, 0.2) is 0 Å². The number of benzene rings is 1. The molecule has 2 unspecified atom stereocenters. The fourth-order valence-corrected chi connectivity index (χ4v) is 7.88. The van der Waals surface area contributed by atoms with Crippen molar-refractivity contribution in [2.24, 2.45) is 17.3 Å². The van der Waals surface area contributed by atoms with Crippen LogP contribution in [-0.2, 0) is 22.7 Å². The van der Waals surface area contributed by atoms with Crippen LogP contribution in [0.1, 0.15) is 43.7 Å². The number of carbonyl (C=O) groups excluding carboxylic acids is 2. The Morgan fingerprint density at radius 1 is 1.05 bits per heavy atom.